The Labute approximate surface area is 203 Å². The van der Waals surface area contributed by atoms with Gasteiger partial charge in [-0.1, -0.05) is 56.3 Å². The molecule has 1 aliphatic heterocycles. The molecule has 0 unspecified atom stereocenters. The van der Waals surface area contributed by atoms with E-state index in [1.807, 2.05) is 0 Å². The van der Waals surface area contributed by atoms with Gasteiger partial charge in [-0.15, -0.1) is 0 Å². The summed E-state index contributed by atoms with van der Waals surface area (Å²) in [6.45, 7) is 8.02. The summed E-state index contributed by atoms with van der Waals surface area (Å²) in [5, 5.41) is 16.6. The van der Waals surface area contributed by atoms with Crippen molar-refractivity contribution in [3.05, 3.63) is 65.7 Å². The standard InChI is InChI=1S/C28H39N3O3/c1-20(2)27(33)26-18-23(17-22-9-5-4-6-10-22)13-16-31(26)15-8-14-29-28(34)30-25-12-7-11-24(19-25)21(3)32/h4-7,9-12,19-20,23,26-27,33H,8,13-18H2,1-3H3,(H2,29,30,34)/t23-,26-,27+/m1/s1. The van der Waals surface area contributed by atoms with E-state index in [2.05, 4.69) is 59.7 Å². The van der Waals surface area contributed by atoms with Crippen molar-refractivity contribution in [1.82, 2.24) is 10.2 Å². The number of nitrogens with one attached hydrogen (secondary N) is 2. The molecule has 6 heteroatoms. The maximum Gasteiger partial charge on any atom is 0.319 e. The van der Waals surface area contributed by atoms with Crippen LogP contribution in [-0.2, 0) is 6.42 Å². The van der Waals surface area contributed by atoms with Crippen LogP contribution in [0.1, 0.15) is 56.0 Å². The summed E-state index contributed by atoms with van der Waals surface area (Å²) >= 11 is 0. The van der Waals surface area contributed by atoms with Gasteiger partial charge in [0.2, 0.25) is 0 Å². The molecule has 1 aliphatic rings. The number of anilines is 1. The van der Waals surface area contributed by atoms with Gasteiger partial charge in [-0.05, 0) is 68.7 Å². The molecule has 2 aromatic carbocycles. The zero-order valence-electron chi connectivity index (χ0n) is 20.7. The van der Waals surface area contributed by atoms with Crippen LogP contribution in [0, 0.1) is 11.8 Å². The number of likely N-dealkylation sites (tertiary alicyclic amines) is 1. The highest BCUT2D eigenvalue weighted by molar-refractivity contribution is 5.96. The number of hydrogen-bond acceptors (Lipinski definition) is 4. The molecule has 3 N–H and O–H groups in total. The highest BCUT2D eigenvalue weighted by Gasteiger charge is 2.34. The first kappa shape index (κ1) is 25.9. The smallest absolute Gasteiger partial charge is 0.319 e. The molecule has 0 aromatic heterocycles. The first-order valence-corrected chi connectivity index (χ1v) is 12.5. The van der Waals surface area contributed by atoms with Crippen LogP contribution in [0.4, 0.5) is 10.5 Å². The number of carbonyl (C=O) groups excluding carboxylic acids is 2. The fraction of sp³-hybridized carbons (Fsp3) is 0.500. The van der Waals surface area contributed by atoms with E-state index in [-0.39, 0.29) is 29.9 Å². The van der Waals surface area contributed by atoms with E-state index in [9.17, 15) is 14.7 Å². The SMILES string of the molecule is CC(=O)c1cccc(NC(=O)NCCCN2CC[C@H](Cc3ccccc3)C[C@@H]2[C@@H](O)C(C)C)c1. The molecule has 0 radical (unpaired) electrons. The minimum atomic E-state index is -0.358. The maximum absolute atomic E-state index is 12.3. The van der Waals surface area contributed by atoms with E-state index < -0.39 is 0 Å². The molecule has 1 fully saturated rings. The number of piperidine rings is 1. The Balaban J connectivity index is 1.47. The summed E-state index contributed by atoms with van der Waals surface area (Å²) in [5.41, 5.74) is 2.54. The van der Waals surface area contributed by atoms with Crippen LogP contribution in [0.3, 0.4) is 0 Å². The van der Waals surface area contributed by atoms with Crippen LogP contribution in [0.15, 0.2) is 54.6 Å². The van der Waals surface area contributed by atoms with Crippen molar-refractivity contribution in [1.29, 1.82) is 0 Å². The van der Waals surface area contributed by atoms with Gasteiger partial charge in [0, 0.05) is 30.4 Å². The second kappa shape index (κ2) is 12.7. The van der Waals surface area contributed by atoms with Gasteiger partial charge in [0.25, 0.3) is 0 Å². The van der Waals surface area contributed by atoms with Gasteiger partial charge < -0.3 is 15.7 Å². The lowest BCUT2D eigenvalue weighted by molar-refractivity contribution is -0.0140. The summed E-state index contributed by atoms with van der Waals surface area (Å²) in [4.78, 5) is 26.2. The Morgan fingerprint density at radius 2 is 1.88 bits per heavy atom. The molecule has 1 heterocycles. The molecule has 6 nitrogen and oxygen atoms in total. The number of aliphatic hydroxyl groups is 1. The summed E-state index contributed by atoms with van der Waals surface area (Å²) in [6, 6.07) is 17.4. The maximum atomic E-state index is 12.3. The largest absolute Gasteiger partial charge is 0.391 e. The zero-order valence-corrected chi connectivity index (χ0v) is 20.7. The van der Waals surface area contributed by atoms with Crippen LogP contribution in [0.25, 0.3) is 0 Å². The monoisotopic (exact) mass is 465 g/mol. The molecule has 2 amide bonds. The average Bonchev–Trinajstić information content (AvgIpc) is 2.82. The Kier molecular flexibility index (Phi) is 9.66. The number of nitrogens with zero attached hydrogens (tertiary/aromatic N) is 1. The molecule has 0 saturated carbocycles. The molecule has 2 aromatic rings. The van der Waals surface area contributed by atoms with Crippen LogP contribution in [0.2, 0.25) is 0 Å². The summed E-state index contributed by atoms with van der Waals surface area (Å²) in [6.07, 6.45) is 3.63. The third-order valence-electron chi connectivity index (χ3n) is 6.75. The number of Topliss-reactive ketones (excluding diaryl/α,β-unsaturated/α-hetero) is 1. The van der Waals surface area contributed by atoms with Gasteiger partial charge in [0.05, 0.1) is 6.10 Å². The Morgan fingerprint density at radius 1 is 1.12 bits per heavy atom. The van der Waals surface area contributed by atoms with E-state index in [1.54, 1.807) is 24.3 Å². The highest BCUT2D eigenvalue weighted by Crippen LogP contribution is 2.30. The quantitative estimate of drug-likeness (QED) is 0.350. The van der Waals surface area contributed by atoms with Gasteiger partial charge in [0.15, 0.2) is 5.78 Å². The van der Waals surface area contributed by atoms with Crippen LogP contribution in [0.5, 0.6) is 0 Å². The number of rotatable bonds is 10. The topological polar surface area (TPSA) is 81.7 Å². The summed E-state index contributed by atoms with van der Waals surface area (Å²) in [7, 11) is 0. The summed E-state index contributed by atoms with van der Waals surface area (Å²) in [5.74, 6) is 0.749. The lowest BCUT2D eigenvalue weighted by Gasteiger charge is -2.43. The Hall–Kier alpha value is -2.70. The molecule has 1 saturated heterocycles. The number of benzene rings is 2. The van der Waals surface area contributed by atoms with Crippen molar-refractivity contribution in [2.24, 2.45) is 11.8 Å². The lowest BCUT2D eigenvalue weighted by atomic mass is 9.82. The lowest BCUT2D eigenvalue weighted by Crippen LogP contribution is -2.51. The molecule has 184 valence electrons. The van der Waals surface area contributed by atoms with Crippen molar-refractivity contribution < 1.29 is 14.7 Å². The van der Waals surface area contributed by atoms with Gasteiger partial charge in [-0.25, -0.2) is 4.79 Å². The van der Waals surface area contributed by atoms with Crippen LogP contribution < -0.4 is 10.6 Å². The molecule has 0 aliphatic carbocycles. The minimum absolute atomic E-state index is 0.0327. The average molecular weight is 466 g/mol. The Bertz CT molecular complexity index is 932. The van der Waals surface area contributed by atoms with Crippen LogP contribution in [-0.4, -0.2) is 53.6 Å². The Morgan fingerprint density at radius 3 is 2.59 bits per heavy atom. The zero-order chi connectivity index (χ0) is 24.5. The van der Waals surface area contributed by atoms with Gasteiger partial charge >= 0.3 is 6.03 Å². The van der Waals surface area contributed by atoms with Crippen molar-refractivity contribution in [3.63, 3.8) is 0 Å². The second-order valence-corrected chi connectivity index (χ2v) is 9.79. The van der Waals surface area contributed by atoms with E-state index >= 15 is 0 Å². The first-order chi connectivity index (χ1) is 16.3. The van der Waals surface area contributed by atoms with E-state index in [0.717, 1.165) is 38.8 Å². The molecular formula is C28H39N3O3. The van der Waals surface area contributed by atoms with Crippen molar-refractivity contribution in [2.75, 3.05) is 25.0 Å². The third kappa shape index (κ3) is 7.67. The molecule has 3 rings (SSSR count). The minimum Gasteiger partial charge on any atom is -0.391 e. The summed E-state index contributed by atoms with van der Waals surface area (Å²) < 4.78 is 0. The van der Waals surface area contributed by atoms with E-state index in [1.165, 1.54) is 12.5 Å². The van der Waals surface area contributed by atoms with Crippen molar-refractivity contribution in [2.45, 2.75) is 58.6 Å². The molecule has 3 atom stereocenters. The molecule has 34 heavy (non-hydrogen) atoms. The predicted octanol–water partition coefficient (Wildman–Crippen LogP) is 4.74. The highest BCUT2D eigenvalue weighted by atomic mass is 16.3. The molecular weight excluding hydrogens is 426 g/mol. The number of carbonyl (C=O) groups is 2. The molecule has 0 spiro atoms. The fourth-order valence-corrected chi connectivity index (χ4v) is 4.81. The predicted molar refractivity (Wildman–Crippen MR) is 137 cm³/mol. The number of ketones is 1. The van der Waals surface area contributed by atoms with Gasteiger partial charge in [-0.3, -0.25) is 9.69 Å². The number of aliphatic hydroxyl groups excluding tert-OH is 1. The third-order valence-corrected chi connectivity index (χ3v) is 6.75. The number of amides is 2. The van der Waals surface area contributed by atoms with E-state index in [0.29, 0.717) is 23.7 Å². The first-order valence-electron chi connectivity index (χ1n) is 12.5. The normalized spacial score (nSPS) is 19.6. The molecule has 0 bridgehead atoms. The van der Waals surface area contributed by atoms with Crippen molar-refractivity contribution in [3.8, 4) is 0 Å². The van der Waals surface area contributed by atoms with Gasteiger partial charge in [-0.2, -0.15) is 0 Å². The number of hydrogen-bond donors (Lipinski definition) is 3. The second-order valence-electron chi connectivity index (χ2n) is 9.79. The van der Waals surface area contributed by atoms with Crippen molar-refractivity contribution >= 4 is 17.5 Å². The fourth-order valence-electron chi connectivity index (χ4n) is 4.81. The number of urea groups is 1. The van der Waals surface area contributed by atoms with E-state index in [4.69, 9.17) is 0 Å². The van der Waals surface area contributed by atoms with Gasteiger partial charge in [0.1, 0.15) is 0 Å². The van der Waals surface area contributed by atoms with Crippen LogP contribution >= 0.6 is 0 Å².